The second kappa shape index (κ2) is 7.40. The number of fused-ring (bicyclic) bond motifs is 1. The van der Waals surface area contributed by atoms with Crippen molar-refractivity contribution in [1.29, 1.82) is 0 Å². The number of thiophene rings is 1. The minimum absolute atomic E-state index is 0.00762. The van der Waals surface area contributed by atoms with Crippen molar-refractivity contribution in [3.63, 3.8) is 0 Å². The molecule has 0 saturated carbocycles. The van der Waals surface area contributed by atoms with E-state index in [1.807, 2.05) is 0 Å². The second-order valence-corrected chi connectivity index (χ2v) is 7.61. The number of hydrogen-bond donors (Lipinski definition) is 0. The van der Waals surface area contributed by atoms with Crippen molar-refractivity contribution < 1.29 is 27.1 Å². The summed E-state index contributed by atoms with van der Waals surface area (Å²) in [6.45, 7) is 1.78. The molecule has 0 spiro atoms. The molecule has 7 heteroatoms. The first-order valence-electron chi connectivity index (χ1n) is 8.73. The highest BCUT2D eigenvalue weighted by molar-refractivity contribution is 7.12. The summed E-state index contributed by atoms with van der Waals surface area (Å²) >= 11 is 0.675. The van der Waals surface area contributed by atoms with Gasteiger partial charge in [-0.3, -0.25) is 4.79 Å². The highest BCUT2D eigenvalue weighted by Crippen LogP contribution is 2.43. The van der Waals surface area contributed by atoms with Gasteiger partial charge >= 0.3 is 6.18 Å². The zero-order valence-electron chi connectivity index (χ0n) is 15.2. The van der Waals surface area contributed by atoms with Crippen molar-refractivity contribution in [3.05, 3.63) is 75.7 Å². The first-order valence-corrected chi connectivity index (χ1v) is 9.55. The molecule has 0 atom stereocenters. The lowest BCUT2D eigenvalue weighted by atomic mass is 10.1. The summed E-state index contributed by atoms with van der Waals surface area (Å²) in [5.41, 5.74) is 1.89. The van der Waals surface area contributed by atoms with Gasteiger partial charge in [0.25, 0.3) is 0 Å². The molecule has 2 aromatic heterocycles. The van der Waals surface area contributed by atoms with E-state index in [-0.39, 0.29) is 17.9 Å². The van der Waals surface area contributed by atoms with Crippen LogP contribution in [0.2, 0.25) is 0 Å². The van der Waals surface area contributed by atoms with E-state index >= 15 is 0 Å². The van der Waals surface area contributed by atoms with E-state index in [9.17, 15) is 18.0 Å². The summed E-state index contributed by atoms with van der Waals surface area (Å²) in [7, 11) is 0. The number of hydrogen-bond acceptors (Lipinski definition) is 4. The van der Waals surface area contributed by atoms with E-state index < -0.39 is 11.1 Å². The Morgan fingerprint density at radius 2 is 1.86 bits per heavy atom. The van der Waals surface area contributed by atoms with Crippen LogP contribution in [-0.2, 0) is 12.8 Å². The van der Waals surface area contributed by atoms with Gasteiger partial charge in [-0.25, -0.2) is 0 Å². The lowest BCUT2D eigenvalue weighted by Gasteiger charge is -2.07. The second-order valence-electron chi connectivity index (χ2n) is 6.48. The Morgan fingerprint density at radius 1 is 1.10 bits per heavy atom. The lowest BCUT2D eigenvalue weighted by molar-refractivity contribution is -0.133. The summed E-state index contributed by atoms with van der Waals surface area (Å²) in [6, 6.07) is 15.1. The van der Waals surface area contributed by atoms with E-state index in [1.165, 1.54) is 6.07 Å². The SMILES string of the molecule is Cc1c(C=O)oc2cc(OCc3cc(-c4ccccc4)c(C(F)(F)F)s3)ccc12. The highest BCUT2D eigenvalue weighted by Gasteiger charge is 2.36. The maximum atomic E-state index is 13.5. The summed E-state index contributed by atoms with van der Waals surface area (Å²) in [5, 5.41) is 0.793. The number of halogens is 3. The standard InChI is InChI=1S/C22H15F3O3S/c1-13-17-8-7-15(9-19(17)28-20(13)11-26)27-12-16-10-18(14-5-3-2-4-6-14)21(29-16)22(23,24)25/h2-11H,12H2,1H3. The van der Waals surface area contributed by atoms with E-state index in [1.54, 1.807) is 55.5 Å². The van der Waals surface area contributed by atoms with Crippen LogP contribution in [-0.4, -0.2) is 6.29 Å². The molecule has 0 N–H and O–H groups in total. The largest absolute Gasteiger partial charge is 0.488 e. The van der Waals surface area contributed by atoms with Crippen LogP contribution in [0.5, 0.6) is 5.75 Å². The molecule has 0 unspecified atom stereocenters. The van der Waals surface area contributed by atoms with Gasteiger partial charge in [0.2, 0.25) is 0 Å². The summed E-state index contributed by atoms with van der Waals surface area (Å²) in [4.78, 5) is 10.8. The summed E-state index contributed by atoms with van der Waals surface area (Å²) in [6.07, 6.45) is -3.80. The number of aryl methyl sites for hydroxylation is 1. The highest BCUT2D eigenvalue weighted by atomic mass is 32.1. The normalized spacial score (nSPS) is 11.7. The fourth-order valence-electron chi connectivity index (χ4n) is 3.14. The molecule has 4 aromatic rings. The first kappa shape index (κ1) is 19.3. The molecule has 0 aliphatic heterocycles. The van der Waals surface area contributed by atoms with Gasteiger partial charge in [-0.15, -0.1) is 11.3 Å². The molecule has 4 rings (SSSR count). The maximum Gasteiger partial charge on any atom is 0.426 e. The van der Waals surface area contributed by atoms with Crippen molar-refractivity contribution in [2.75, 3.05) is 0 Å². The van der Waals surface area contributed by atoms with Gasteiger partial charge in [0.1, 0.15) is 22.8 Å². The fraction of sp³-hybridized carbons (Fsp3) is 0.136. The molecular formula is C22H15F3O3S. The van der Waals surface area contributed by atoms with Crippen LogP contribution in [0.15, 0.2) is 59.0 Å². The molecule has 0 amide bonds. The van der Waals surface area contributed by atoms with E-state index in [2.05, 4.69) is 0 Å². The maximum absolute atomic E-state index is 13.5. The molecule has 29 heavy (non-hydrogen) atoms. The third kappa shape index (κ3) is 3.78. The minimum Gasteiger partial charge on any atom is -0.488 e. The van der Waals surface area contributed by atoms with Crippen molar-refractivity contribution >= 4 is 28.6 Å². The average Bonchev–Trinajstić information content (AvgIpc) is 3.28. The predicted octanol–water partition coefficient (Wildman–Crippen LogP) is 6.88. The van der Waals surface area contributed by atoms with Crippen LogP contribution in [0.1, 0.15) is 25.9 Å². The molecule has 0 aliphatic carbocycles. The molecule has 0 fully saturated rings. The van der Waals surface area contributed by atoms with Gasteiger partial charge in [-0.1, -0.05) is 30.3 Å². The number of aldehydes is 1. The van der Waals surface area contributed by atoms with Gasteiger partial charge in [0.05, 0.1) is 0 Å². The van der Waals surface area contributed by atoms with E-state index in [0.29, 0.717) is 39.4 Å². The number of furan rings is 1. The van der Waals surface area contributed by atoms with Crippen LogP contribution in [0.4, 0.5) is 13.2 Å². The fourth-order valence-corrected chi connectivity index (χ4v) is 4.10. The van der Waals surface area contributed by atoms with E-state index in [4.69, 9.17) is 9.15 Å². The lowest BCUT2D eigenvalue weighted by Crippen LogP contribution is -2.03. The number of benzene rings is 2. The zero-order valence-corrected chi connectivity index (χ0v) is 16.1. The number of carbonyl (C=O) groups excluding carboxylic acids is 1. The van der Waals surface area contributed by atoms with E-state index in [0.717, 1.165) is 10.9 Å². The third-order valence-corrected chi connectivity index (χ3v) is 5.71. The van der Waals surface area contributed by atoms with Gasteiger partial charge in [-0.05, 0) is 30.7 Å². The molecule has 0 saturated heterocycles. The average molecular weight is 416 g/mol. The van der Waals surface area contributed by atoms with Crippen LogP contribution in [0, 0.1) is 6.92 Å². The molecule has 148 valence electrons. The molecule has 0 radical (unpaired) electrons. The van der Waals surface area contributed by atoms with Crippen LogP contribution >= 0.6 is 11.3 Å². The summed E-state index contributed by atoms with van der Waals surface area (Å²) < 4.78 is 51.6. The Balaban J connectivity index is 1.61. The Labute approximate surface area is 168 Å². The molecular weight excluding hydrogens is 401 g/mol. The van der Waals surface area contributed by atoms with Crippen LogP contribution < -0.4 is 4.74 Å². The van der Waals surface area contributed by atoms with Crippen molar-refractivity contribution in [2.24, 2.45) is 0 Å². The van der Waals surface area contributed by atoms with Crippen molar-refractivity contribution in [1.82, 2.24) is 0 Å². The summed E-state index contributed by atoms with van der Waals surface area (Å²) in [5.74, 6) is 0.699. The first-order chi connectivity index (χ1) is 13.9. The van der Waals surface area contributed by atoms with Gasteiger partial charge in [-0.2, -0.15) is 13.2 Å². The Bertz CT molecular complexity index is 1170. The number of ether oxygens (including phenoxy) is 1. The van der Waals surface area contributed by atoms with Crippen molar-refractivity contribution in [3.8, 4) is 16.9 Å². The molecule has 0 bridgehead atoms. The molecule has 0 aliphatic rings. The topological polar surface area (TPSA) is 39.4 Å². The van der Waals surface area contributed by atoms with Gasteiger partial charge in [0.15, 0.2) is 12.0 Å². The molecule has 2 heterocycles. The number of alkyl halides is 3. The third-order valence-electron chi connectivity index (χ3n) is 4.56. The molecule has 2 aromatic carbocycles. The Morgan fingerprint density at radius 3 is 2.55 bits per heavy atom. The zero-order chi connectivity index (χ0) is 20.6. The van der Waals surface area contributed by atoms with Crippen LogP contribution in [0.25, 0.3) is 22.1 Å². The van der Waals surface area contributed by atoms with Crippen molar-refractivity contribution in [2.45, 2.75) is 19.7 Å². The monoisotopic (exact) mass is 416 g/mol. The quantitative estimate of drug-likeness (QED) is 0.333. The molecule has 3 nitrogen and oxygen atoms in total. The number of carbonyl (C=O) groups is 1. The Hall–Kier alpha value is -3.06. The predicted molar refractivity (Wildman–Crippen MR) is 105 cm³/mol. The minimum atomic E-state index is -4.44. The smallest absolute Gasteiger partial charge is 0.426 e. The van der Waals surface area contributed by atoms with Gasteiger partial charge in [0, 0.05) is 27.5 Å². The van der Waals surface area contributed by atoms with Crippen LogP contribution in [0.3, 0.4) is 0 Å². The number of rotatable bonds is 5. The Kier molecular flexibility index (Phi) is 4.92. The van der Waals surface area contributed by atoms with Gasteiger partial charge < -0.3 is 9.15 Å².